The minimum absolute atomic E-state index is 0.0137. The van der Waals surface area contributed by atoms with Crippen LogP contribution in [-0.4, -0.2) is 9.55 Å². The fraction of sp³-hybridized carbons (Fsp3) is 0.316. The Hall–Kier alpha value is -2.45. The van der Waals surface area contributed by atoms with Gasteiger partial charge in [0.2, 0.25) is 0 Å². The van der Waals surface area contributed by atoms with Gasteiger partial charge in [-0.2, -0.15) is 5.26 Å². The Labute approximate surface area is 144 Å². The number of aromatic nitrogens is 2. The Kier molecular flexibility index (Phi) is 3.70. The van der Waals surface area contributed by atoms with Crippen molar-refractivity contribution in [2.75, 3.05) is 0 Å². The average Bonchev–Trinajstić information content (AvgIpc) is 2.96. The minimum Gasteiger partial charge on any atom is -0.294 e. The molecule has 3 aromatic rings. The molecule has 24 heavy (non-hydrogen) atoms. The Balaban J connectivity index is 1.82. The lowest BCUT2D eigenvalue weighted by Crippen LogP contribution is -2.22. The summed E-state index contributed by atoms with van der Waals surface area (Å²) in [5, 5.41) is 10.0. The summed E-state index contributed by atoms with van der Waals surface area (Å²) in [6, 6.07) is 9.58. The van der Waals surface area contributed by atoms with Gasteiger partial charge < -0.3 is 0 Å². The molecule has 1 atom stereocenters. The van der Waals surface area contributed by atoms with Crippen LogP contribution in [0.2, 0.25) is 0 Å². The second-order valence-electron chi connectivity index (χ2n) is 6.48. The number of aryl methyl sites for hydroxylation is 1. The van der Waals surface area contributed by atoms with Gasteiger partial charge in [0.25, 0.3) is 5.56 Å². The molecule has 4 rings (SSSR count). The maximum absolute atomic E-state index is 13.0. The zero-order valence-corrected chi connectivity index (χ0v) is 14.3. The van der Waals surface area contributed by atoms with Gasteiger partial charge in [0.1, 0.15) is 4.83 Å². The highest BCUT2D eigenvalue weighted by atomic mass is 32.1. The SMILES string of the molecule is C[C@H]1CCc2c(sc3ncn(Cc4ccccc4C#N)c(=O)c23)C1. The second-order valence-corrected chi connectivity index (χ2v) is 7.56. The quantitative estimate of drug-likeness (QED) is 0.720. The molecule has 0 spiro atoms. The molecule has 5 heteroatoms. The maximum Gasteiger partial charge on any atom is 0.262 e. The van der Waals surface area contributed by atoms with E-state index in [4.69, 9.17) is 0 Å². The van der Waals surface area contributed by atoms with Crippen molar-refractivity contribution in [3.05, 3.63) is 62.5 Å². The van der Waals surface area contributed by atoms with Crippen LogP contribution in [0.15, 0.2) is 35.4 Å². The number of thiophene rings is 1. The first-order valence-corrected chi connectivity index (χ1v) is 8.96. The monoisotopic (exact) mass is 335 g/mol. The Morgan fingerprint density at radius 3 is 3.08 bits per heavy atom. The lowest BCUT2D eigenvalue weighted by atomic mass is 9.89. The van der Waals surface area contributed by atoms with Gasteiger partial charge >= 0.3 is 0 Å². The smallest absolute Gasteiger partial charge is 0.262 e. The molecular weight excluding hydrogens is 318 g/mol. The van der Waals surface area contributed by atoms with Gasteiger partial charge in [0.05, 0.1) is 29.9 Å². The normalized spacial score (nSPS) is 16.8. The first-order chi connectivity index (χ1) is 11.7. The fourth-order valence-corrected chi connectivity index (χ4v) is 4.77. The Morgan fingerprint density at radius 1 is 1.42 bits per heavy atom. The molecule has 0 amide bonds. The molecule has 0 fully saturated rings. The summed E-state index contributed by atoms with van der Waals surface area (Å²) in [6.45, 7) is 2.64. The minimum atomic E-state index is 0.0137. The van der Waals surface area contributed by atoms with Crippen molar-refractivity contribution < 1.29 is 0 Å². The highest BCUT2D eigenvalue weighted by molar-refractivity contribution is 7.18. The molecule has 2 heterocycles. The fourth-order valence-electron chi connectivity index (χ4n) is 3.43. The van der Waals surface area contributed by atoms with Crippen LogP contribution in [-0.2, 0) is 19.4 Å². The number of hydrogen-bond donors (Lipinski definition) is 0. The second kappa shape index (κ2) is 5.88. The van der Waals surface area contributed by atoms with Crippen molar-refractivity contribution in [3.63, 3.8) is 0 Å². The van der Waals surface area contributed by atoms with Crippen LogP contribution in [0.3, 0.4) is 0 Å². The van der Waals surface area contributed by atoms with E-state index < -0.39 is 0 Å². The highest BCUT2D eigenvalue weighted by Gasteiger charge is 2.23. The van der Waals surface area contributed by atoms with Crippen LogP contribution in [0.5, 0.6) is 0 Å². The van der Waals surface area contributed by atoms with Gasteiger partial charge in [-0.25, -0.2) is 4.98 Å². The van der Waals surface area contributed by atoms with E-state index in [1.165, 1.54) is 10.4 Å². The predicted octanol–water partition coefficient (Wildman–Crippen LogP) is 3.50. The molecular formula is C19H17N3OS. The number of rotatable bonds is 2. The molecule has 0 aliphatic heterocycles. The Bertz CT molecular complexity index is 1030. The molecule has 0 radical (unpaired) electrons. The van der Waals surface area contributed by atoms with E-state index in [-0.39, 0.29) is 5.56 Å². The van der Waals surface area contributed by atoms with Gasteiger partial charge in [-0.1, -0.05) is 25.1 Å². The average molecular weight is 335 g/mol. The Morgan fingerprint density at radius 2 is 2.25 bits per heavy atom. The number of fused-ring (bicyclic) bond motifs is 3. The maximum atomic E-state index is 13.0. The van der Waals surface area contributed by atoms with E-state index in [0.29, 0.717) is 18.0 Å². The summed E-state index contributed by atoms with van der Waals surface area (Å²) in [6.07, 6.45) is 4.76. The van der Waals surface area contributed by atoms with E-state index in [1.807, 2.05) is 18.2 Å². The number of nitrogens with zero attached hydrogens (tertiary/aromatic N) is 3. The standard InChI is InChI=1S/C19H17N3OS/c1-12-6-7-15-16(8-12)24-18-17(15)19(23)22(11-21-18)10-14-5-3-2-4-13(14)9-20/h2-5,11-12H,6-8,10H2,1H3/t12-/m0/s1. The van der Waals surface area contributed by atoms with E-state index in [1.54, 1.807) is 28.3 Å². The third kappa shape index (κ3) is 2.44. The molecule has 0 saturated carbocycles. The van der Waals surface area contributed by atoms with Gasteiger partial charge in [-0.3, -0.25) is 9.36 Å². The van der Waals surface area contributed by atoms with Crippen LogP contribution in [0, 0.1) is 17.2 Å². The van der Waals surface area contributed by atoms with Gasteiger partial charge in [0, 0.05) is 4.88 Å². The van der Waals surface area contributed by atoms with Crippen molar-refractivity contribution in [3.8, 4) is 6.07 Å². The summed E-state index contributed by atoms with van der Waals surface area (Å²) in [5.74, 6) is 0.676. The molecule has 0 bridgehead atoms. The number of nitriles is 1. The van der Waals surface area contributed by atoms with Crippen molar-refractivity contribution in [1.82, 2.24) is 9.55 Å². The van der Waals surface area contributed by atoms with Crippen molar-refractivity contribution >= 4 is 21.6 Å². The van der Waals surface area contributed by atoms with Crippen LogP contribution < -0.4 is 5.56 Å². The third-order valence-corrected chi connectivity index (χ3v) is 5.92. The summed E-state index contributed by atoms with van der Waals surface area (Å²) in [4.78, 5) is 19.7. The first kappa shape index (κ1) is 15.1. The van der Waals surface area contributed by atoms with Crippen molar-refractivity contribution in [2.45, 2.75) is 32.7 Å². The first-order valence-electron chi connectivity index (χ1n) is 8.15. The summed E-state index contributed by atoms with van der Waals surface area (Å²) < 4.78 is 1.63. The van der Waals surface area contributed by atoms with Gasteiger partial charge in [-0.05, 0) is 42.4 Å². The molecule has 120 valence electrons. The zero-order valence-electron chi connectivity index (χ0n) is 13.5. The van der Waals surface area contributed by atoms with E-state index in [0.717, 1.165) is 35.0 Å². The van der Waals surface area contributed by atoms with E-state index in [2.05, 4.69) is 18.0 Å². The van der Waals surface area contributed by atoms with Crippen molar-refractivity contribution in [2.24, 2.45) is 5.92 Å². The number of hydrogen-bond acceptors (Lipinski definition) is 4. The van der Waals surface area contributed by atoms with Crippen molar-refractivity contribution in [1.29, 1.82) is 5.26 Å². The lowest BCUT2D eigenvalue weighted by Gasteiger charge is -2.17. The summed E-state index contributed by atoms with van der Waals surface area (Å²) >= 11 is 1.66. The molecule has 0 unspecified atom stereocenters. The molecule has 0 saturated heterocycles. The number of benzene rings is 1. The van der Waals surface area contributed by atoms with Crippen LogP contribution in [0.25, 0.3) is 10.2 Å². The molecule has 1 aromatic carbocycles. The topological polar surface area (TPSA) is 58.7 Å². The highest BCUT2D eigenvalue weighted by Crippen LogP contribution is 2.35. The molecule has 0 N–H and O–H groups in total. The third-order valence-electron chi connectivity index (χ3n) is 4.76. The lowest BCUT2D eigenvalue weighted by molar-refractivity contribution is 0.509. The van der Waals surface area contributed by atoms with E-state index in [9.17, 15) is 10.1 Å². The van der Waals surface area contributed by atoms with Crippen LogP contribution >= 0.6 is 11.3 Å². The zero-order chi connectivity index (χ0) is 16.7. The largest absolute Gasteiger partial charge is 0.294 e. The van der Waals surface area contributed by atoms with Crippen LogP contribution in [0.4, 0.5) is 0 Å². The van der Waals surface area contributed by atoms with Crippen LogP contribution in [0.1, 0.15) is 34.9 Å². The molecule has 1 aliphatic rings. The van der Waals surface area contributed by atoms with E-state index >= 15 is 0 Å². The molecule has 2 aromatic heterocycles. The molecule has 4 nitrogen and oxygen atoms in total. The summed E-state index contributed by atoms with van der Waals surface area (Å²) in [5.41, 5.74) is 2.67. The summed E-state index contributed by atoms with van der Waals surface area (Å²) in [7, 11) is 0. The predicted molar refractivity (Wildman–Crippen MR) is 95.3 cm³/mol. The molecule has 1 aliphatic carbocycles. The van der Waals surface area contributed by atoms with Gasteiger partial charge in [-0.15, -0.1) is 11.3 Å². The van der Waals surface area contributed by atoms with Gasteiger partial charge in [0.15, 0.2) is 0 Å².